The van der Waals surface area contributed by atoms with Gasteiger partial charge in [0.1, 0.15) is 12.0 Å². The molecule has 31 heavy (non-hydrogen) atoms. The van der Waals surface area contributed by atoms with Gasteiger partial charge >= 0.3 is 6.03 Å². The maximum Gasteiger partial charge on any atom is 0.319 e. The summed E-state index contributed by atoms with van der Waals surface area (Å²) < 4.78 is 5.70. The van der Waals surface area contributed by atoms with Crippen molar-refractivity contribution in [2.24, 2.45) is 0 Å². The first-order valence-corrected chi connectivity index (χ1v) is 10.2. The fourth-order valence-electron chi connectivity index (χ4n) is 3.39. The number of amides is 2. The highest BCUT2D eigenvalue weighted by Gasteiger charge is 2.11. The molecule has 5 nitrogen and oxygen atoms in total. The van der Waals surface area contributed by atoms with Crippen LogP contribution in [0.25, 0.3) is 22.7 Å². The van der Waals surface area contributed by atoms with Gasteiger partial charge in [-0.25, -0.2) is 9.78 Å². The van der Waals surface area contributed by atoms with Crippen LogP contribution in [0.5, 0.6) is 0 Å². The molecule has 0 spiro atoms. The Morgan fingerprint density at radius 2 is 1.61 bits per heavy atom. The highest BCUT2D eigenvalue weighted by Crippen LogP contribution is 2.28. The van der Waals surface area contributed by atoms with Crippen molar-refractivity contribution in [1.82, 2.24) is 10.3 Å². The van der Waals surface area contributed by atoms with E-state index in [9.17, 15) is 4.79 Å². The lowest BCUT2D eigenvalue weighted by Gasteiger charge is -2.08. The van der Waals surface area contributed by atoms with E-state index >= 15 is 0 Å². The third kappa shape index (κ3) is 5.01. The number of hydrogen-bond acceptors (Lipinski definition) is 3. The number of nitrogens with zero attached hydrogens (tertiary/aromatic N) is 1. The second-order valence-electron chi connectivity index (χ2n) is 7.73. The van der Waals surface area contributed by atoms with Crippen LogP contribution in [0.15, 0.2) is 77.4 Å². The molecule has 0 atom stereocenters. The predicted molar refractivity (Wildman–Crippen MR) is 124 cm³/mol. The van der Waals surface area contributed by atoms with Crippen molar-refractivity contribution in [3.05, 3.63) is 95.2 Å². The number of oxazole rings is 1. The van der Waals surface area contributed by atoms with Crippen LogP contribution in [0.1, 0.15) is 22.3 Å². The van der Waals surface area contributed by atoms with Crippen molar-refractivity contribution in [1.29, 1.82) is 0 Å². The molecule has 0 unspecified atom stereocenters. The average molecular weight is 412 g/mol. The number of carbonyl (C=O) groups is 1. The van der Waals surface area contributed by atoms with E-state index in [1.807, 2.05) is 55.5 Å². The molecule has 4 rings (SSSR count). The van der Waals surface area contributed by atoms with Gasteiger partial charge in [-0.2, -0.15) is 0 Å². The monoisotopic (exact) mass is 411 g/mol. The molecule has 3 aromatic carbocycles. The third-order valence-corrected chi connectivity index (χ3v) is 5.13. The highest BCUT2D eigenvalue weighted by atomic mass is 16.3. The summed E-state index contributed by atoms with van der Waals surface area (Å²) in [5.41, 5.74) is 8.05. The van der Waals surface area contributed by atoms with Gasteiger partial charge in [0.15, 0.2) is 0 Å². The quantitative estimate of drug-likeness (QED) is 0.407. The van der Waals surface area contributed by atoms with E-state index in [1.165, 1.54) is 11.1 Å². The SMILES string of the molecule is Cc1ccc(CNC(=O)Nc2ccc(-c3nc(-c4ccc(C)cc4C)co3)cc2)cc1. The molecule has 2 amide bonds. The van der Waals surface area contributed by atoms with Gasteiger partial charge in [0.2, 0.25) is 5.89 Å². The summed E-state index contributed by atoms with van der Waals surface area (Å²) in [5.74, 6) is 0.547. The molecule has 2 N–H and O–H groups in total. The Morgan fingerprint density at radius 3 is 2.32 bits per heavy atom. The predicted octanol–water partition coefficient (Wildman–Crippen LogP) is 6.26. The molecule has 4 aromatic rings. The maximum atomic E-state index is 12.2. The molecule has 0 bridgehead atoms. The Balaban J connectivity index is 1.38. The Kier molecular flexibility index (Phi) is 5.85. The second-order valence-corrected chi connectivity index (χ2v) is 7.73. The van der Waals surface area contributed by atoms with Crippen LogP contribution in [-0.4, -0.2) is 11.0 Å². The Morgan fingerprint density at radius 1 is 0.903 bits per heavy atom. The number of rotatable bonds is 5. The molecular weight excluding hydrogens is 386 g/mol. The first-order valence-electron chi connectivity index (χ1n) is 10.2. The molecule has 0 saturated carbocycles. The lowest BCUT2D eigenvalue weighted by Crippen LogP contribution is -2.28. The summed E-state index contributed by atoms with van der Waals surface area (Å²) in [7, 11) is 0. The molecule has 0 saturated heterocycles. The van der Waals surface area contributed by atoms with Gasteiger partial charge in [-0.05, 0) is 56.2 Å². The van der Waals surface area contributed by atoms with Crippen LogP contribution < -0.4 is 10.6 Å². The Labute approximate surface area is 182 Å². The average Bonchev–Trinajstić information content (AvgIpc) is 3.24. The zero-order valence-electron chi connectivity index (χ0n) is 17.9. The van der Waals surface area contributed by atoms with Gasteiger partial charge in [-0.3, -0.25) is 0 Å². The third-order valence-electron chi connectivity index (χ3n) is 5.13. The van der Waals surface area contributed by atoms with E-state index in [0.717, 1.165) is 27.9 Å². The highest BCUT2D eigenvalue weighted by molar-refractivity contribution is 5.89. The second kappa shape index (κ2) is 8.88. The summed E-state index contributed by atoms with van der Waals surface area (Å²) in [6, 6.07) is 21.5. The van der Waals surface area contributed by atoms with Gasteiger partial charge in [0.05, 0.1) is 0 Å². The van der Waals surface area contributed by atoms with Crippen LogP contribution in [0.2, 0.25) is 0 Å². The van der Waals surface area contributed by atoms with Crippen molar-refractivity contribution in [2.45, 2.75) is 27.3 Å². The zero-order valence-corrected chi connectivity index (χ0v) is 17.9. The molecule has 0 fully saturated rings. The van der Waals surface area contributed by atoms with Crippen LogP contribution in [0, 0.1) is 20.8 Å². The first kappa shape index (κ1) is 20.4. The van der Waals surface area contributed by atoms with E-state index in [1.54, 1.807) is 6.26 Å². The number of benzene rings is 3. The number of urea groups is 1. The molecule has 1 heterocycles. The largest absolute Gasteiger partial charge is 0.444 e. The molecule has 0 radical (unpaired) electrons. The number of aromatic nitrogens is 1. The van der Waals surface area contributed by atoms with E-state index in [0.29, 0.717) is 18.1 Å². The van der Waals surface area contributed by atoms with Crippen molar-refractivity contribution in [3.8, 4) is 22.7 Å². The molecule has 5 heteroatoms. The van der Waals surface area contributed by atoms with Crippen LogP contribution in [0.3, 0.4) is 0 Å². The minimum atomic E-state index is -0.249. The number of hydrogen-bond donors (Lipinski definition) is 2. The molecule has 0 aliphatic rings. The lowest BCUT2D eigenvalue weighted by atomic mass is 10.0. The number of carbonyl (C=O) groups excluding carboxylic acids is 1. The topological polar surface area (TPSA) is 67.2 Å². The summed E-state index contributed by atoms with van der Waals surface area (Å²) in [6.45, 7) is 6.66. The Bertz CT molecular complexity index is 1190. The van der Waals surface area contributed by atoms with Crippen LogP contribution in [-0.2, 0) is 6.54 Å². The van der Waals surface area contributed by atoms with Crippen LogP contribution in [0.4, 0.5) is 10.5 Å². The smallest absolute Gasteiger partial charge is 0.319 e. The summed E-state index contributed by atoms with van der Waals surface area (Å²) in [6.07, 6.45) is 1.68. The minimum Gasteiger partial charge on any atom is -0.444 e. The zero-order chi connectivity index (χ0) is 21.8. The maximum absolute atomic E-state index is 12.2. The normalized spacial score (nSPS) is 10.7. The summed E-state index contributed by atoms with van der Waals surface area (Å²) in [4.78, 5) is 16.8. The van der Waals surface area contributed by atoms with Gasteiger partial charge in [0.25, 0.3) is 0 Å². The fraction of sp³-hybridized carbons (Fsp3) is 0.154. The molecule has 156 valence electrons. The number of nitrogens with one attached hydrogen (secondary N) is 2. The van der Waals surface area contributed by atoms with E-state index < -0.39 is 0 Å². The standard InChI is InChI=1S/C26H25N3O2/c1-17-4-7-20(8-5-17)15-27-26(30)28-22-11-9-21(10-12-22)25-29-24(16-31-25)23-13-6-18(2)14-19(23)3/h4-14,16H,15H2,1-3H3,(H2,27,28,30). The van der Waals surface area contributed by atoms with Crippen molar-refractivity contribution in [2.75, 3.05) is 5.32 Å². The fourth-order valence-corrected chi connectivity index (χ4v) is 3.39. The first-order chi connectivity index (χ1) is 15.0. The number of anilines is 1. The van der Waals surface area contributed by atoms with Gasteiger partial charge in [-0.15, -0.1) is 0 Å². The molecule has 1 aromatic heterocycles. The molecule has 0 aliphatic carbocycles. The van der Waals surface area contributed by atoms with Gasteiger partial charge in [0, 0.05) is 23.4 Å². The lowest BCUT2D eigenvalue weighted by molar-refractivity contribution is 0.251. The molecule has 0 aliphatic heterocycles. The van der Waals surface area contributed by atoms with Crippen molar-refractivity contribution < 1.29 is 9.21 Å². The van der Waals surface area contributed by atoms with E-state index in [2.05, 4.69) is 47.7 Å². The molecular formula is C26H25N3O2. The van der Waals surface area contributed by atoms with E-state index in [4.69, 9.17) is 4.42 Å². The van der Waals surface area contributed by atoms with Gasteiger partial charge < -0.3 is 15.1 Å². The van der Waals surface area contributed by atoms with Crippen molar-refractivity contribution in [3.63, 3.8) is 0 Å². The van der Waals surface area contributed by atoms with Gasteiger partial charge in [-0.1, -0.05) is 53.6 Å². The van der Waals surface area contributed by atoms with Crippen LogP contribution >= 0.6 is 0 Å². The van der Waals surface area contributed by atoms with Crippen molar-refractivity contribution >= 4 is 11.7 Å². The Hall–Kier alpha value is -3.86. The minimum absolute atomic E-state index is 0.249. The van der Waals surface area contributed by atoms with E-state index in [-0.39, 0.29) is 6.03 Å². The summed E-state index contributed by atoms with van der Waals surface area (Å²) >= 11 is 0. The summed E-state index contributed by atoms with van der Waals surface area (Å²) in [5, 5.41) is 5.71. The number of aryl methyl sites for hydroxylation is 3.